The highest BCUT2D eigenvalue weighted by Crippen LogP contribution is 2.46. The van der Waals surface area contributed by atoms with Gasteiger partial charge < -0.3 is 19.4 Å². The van der Waals surface area contributed by atoms with Gasteiger partial charge in [-0.05, 0) is 41.3 Å². The predicted octanol–water partition coefficient (Wildman–Crippen LogP) is 4.62. The summed E-state index contributed by atoms with van der Waals surface area (Å²) in [5.41, 5.74) is 1.59. The minimum atomic E-state index is -3.11. The average Bonchev–Trinajstić information content (AvgIpc) is 3.40. The second-order valence-corrected chi connectivity index (χ2v) is 16.0. The number of carbonyl (C=O) groups is 1. The van der Waals surface area contributed by atoms with E-state index in [4.69, 9.17) is 13.7 Å². The Hall–Kier alpha value is -2.53. The second kappa shape index (κ2) is 10.7. The highest BCUT2D eigenvalue weighted by Gasteiger charge is 2.53. The Kier molecular flexibility index (Phi) is 7.94. The number of anilines is 1. The van der Waals surface area contributed by atoms with Crippen molar-refractivity contribution in [3.8, 4) is 0 Å². The summed E-state index contributed by atoms with van der Waals surface area (Å²) >= 11 is 0. The predicted molar refractivity (Wildman–Crippen MR) is 140 cm³/mol. The fraction of sp³-hybridized carbons (Fsp3) is 0.480. The van der Waals surface area contributed by atoms with Gasteiger partial charge in [0, 0.05) is 18.0 Å². The number of ether oxygens (including phenoxy) is 1. The first-order chi connectivity index (χ1) is 17.4. The normalized spacial score (nSPS) is 22.8. The molecule has 0 bridgehead atoms. The van der Waals surface area contributed by atoms with E-state index in [-0.39, 0.29) is 10.9 Å². The van der Waals surface area contributed by atoms with Gasteiger partial charge in [-0.3, -0.25) is 9.20 Å². The van der Waals surface area contributed by atoms with E-state index >= 15 is 0 Å². The van der Waals surface area contributed by atoms with Crippen molar-refractivity contribution in [1.82, 2.24) is 14.4 Å². The summed E-state index contributed by atoms with van der Waals surface area (Å²) in [6.07, 6.45) is 2.88. The van der Waals surface area contributed by atoms with E-state index < -0.39 is 41.0 Å². The number of rotatable bonds is 8. The number of carbonyl (C=O) groups excluding carboxylic acids is 1. The molecular weight excluding hydrogens is 511 g/mol. The number of hydrogen-bond donors (Lipinski definition) is 1. The van der Waals surface area contributed by atoms with Crippen LogP contribution in [0.15, 0.2) is 48.9 Å². The maximum absolute atomic E-state index is 12.7. The van der Waals surface area contributed by atoms with Gasteiger partial charge in [-0.2, -0.15) is 0 Å². The van der Waals surface area contributed by atoms with Gasteiger partial charge in [0.15, 0.2) is 25.9 Å². The van der Waals surface area contributed by atoms with Crippen LogP contribution in [0.5, 0.6) is 0 Å². The minimum Gasteiger partial charge on any atom is -0.566 e. The molecule has 37 heavy (non-hydrogen) atoms. The van der Waals surface area contributed by atoms with Crippen molar-refractivity contribution in [2.75, 3.05) is 5.32 Å². The lowest BCUT2D eigenvalue weighted by molar-refractivity contribution is -0.192. The van der Waals surface area contributed by atoms with E-state index in [1.54, 1.807) is 47.3 Å². The molecule has 198 valence electrons. The van der Waals surface area contributed by atoms with Crippen molar-refractivity contribution in [2.24, 2.45) is 0 Å². The van der Waals surface area contributed by atoms with E-state index in [0.717, 1.165) is 0 Å². The average molecular weight is 545 g/mol. The summed E-state index contributed by atoms with van der Waals surface area (Å²) in [5, 5.41) is 2.71. The van der Waals surface area contributed by atoms with Gasteiger partial charge in [-0.15, -0.1) is 4.52 Å². The Bertz CT molecular complexity index is 1280. The molecule has 1 saturated heterocycles. The van der Waals surface area contributed by atoms with Crippen LogP contribution in [-0.2, 0) is 18.3 Å². The number of nitrogens with zero attached hydrogens (tertiary/aromatic N) is 3. The van der Waals surface area contributed by atoms with Crippen molar-refractivity contribution >= 4 is 33.9 Å². The summed E-state index contributed by atoms with van der Waals surface area (Å²) in [4.78, 5) is 33.2. The van der Waals surface area contributed by atoms with Crippen molar-refractivity contribution in [3.63, 3.8) is 0 Å². The van der Waals surface area contributed by atoms with Crippen LogP contribution >= 0.6 is 8.25 Å². The molecule has 0 spiro atoms. The van der Waals surface area contributed by atoms with Gasteiger partial charge >= 0.3 is 8.25 Å². The van der Waals surface area contributed by atoms with E-state index in [0.29, 0.717) is 29.1 Å². The molecule has 5 atom stereocenters. The lowest BCUT2D eigenvalue weighted by atomic mass is 10.0. The molecule has 0 saturated carbocycles. The lowest BCUT2D eigenvalue weighted by Crippen LogP contribution is -2.48. The van der Waals surface area contributed by atoms with Gasteiger partial charge in [0.05, 0.1) is 18.0 Å². The molecule has 2 unspecified atom stereocenters. The Labute approximate surface area is 218 Å². The van der Waals surface area contributed by atoms with E-state index in [1.165, 1.54) is 0 Å². The molecule has 2 aromatic heterocycles. The molecular formula is C25H33N4O6PSi. The van der Waals surface area contributed by atoms with Crippen molar-refractivity contribution in [3.05, 3.63) is 60.2 Å². The van der Waals surface area contributed by atoms with Gasteiger partial charge in [0.1, 0.15) is 12.2 Å². The number of benzene rings is 1. The summed E-state index contributed by atoms with van der Waals surface area (Å²) in [6.45, 7) is 12.5. The van der Waals surface area contributed by atoms with Crippen molar-refractivity contribution in [2.45, 2.75) is 76.7 Å². The summed E-state index contributed by atoms with van der Waals surface area (Å²) < 4.78 is 31.9. The first kappa shape index (κ1) is 27.5. The molecule has 12 heteroatoms. The highest BCUT2D eigenvalue weighted by molar-refractivity contribution is 7.30. The second-order valence-electron chi connectivity index (χ2n) is 10.6. The summed E-state index contributed by atoms with van der Waals surface area (Å²) in [6, 6.07) is 8.84. The number of fused-ring (bicyclic) bond motifs is 1. The third kappa shape index (κ3) is 5.67. The molecule has 10 nitrogen and oxygen atoms in total. The van der Waals surface area contributed by atoms with Crippen LogP contribution in [-0.4, -0.2) is 46.9 Å². The van der Waals surface area contributed by atoms with Crippen LogP contribution in [0.4, 0.5) is 5.82 Å². The lowest BCUT2D eigenvalue weighted by Gasteiger charge is -2.40. The number of amides is 1. The quantitative estimate of drug-likeness (QED) is 0.321. The fourth-order valence-corrected chi connectivity index (χ4v) is 5.92. The van der Waals surface area contributed by atoms with Crippen molar-refractivity contribution in [1.29, 1.82) is 0 Å². The van der Waals surface area contributed by atoms with Gasteiger partial charge in [0.25, 0.3) is 5.91 Å². The first-order valence-electron chi connectivity index (χ1n) is 12.3. The molecule has 3 heterocycles. The largest absolute Gasteiger partial charge is 0.566 e. The van der Waals surface area contributed by atoms with Crippen LogP contribution in [0.2, 0.25) is 18.1 Å². The molecule has 0 radical (unpaired) electrons. The monoisotopic (exact) mass is 544 g/mol. The maximum atomic E-state index is 12.7. The van der Waals surface area contributed by atoms with E-state index in [1.807, 2.05) is 13.0 Å². The Morgan fingerprint density at radius 2 is 1.92 bits per heavy atom. The molecule has 1 fully saturated rings. The Morgan fingerprint density at radius 3 is 2.54 bits per heavy atom. The molecule has 3 aromatic rings. The Balaban J connectivity index is 1.72. The summed E-state index contributed by atoms with van der Waals surface area (Å²) in [5.74, 6) is -0.00861. The van der Waals surface area contributed by atoms with Crippen LogP contribution in [0, 0.1) is 0 Å². The van der Waals surface area contributed by atoms with Gasteiger partial charge in [0.2, 0.25) is 0 Å². The molecule has 1 amide bonds. The summed E-state index contributed by atoms with van der Waals surface area (Å²) in [7, 11) is -5.47. The zero-order valence-corrected chi connectivity index (χ0v) is 23.8. The number of hydrogen-bond acceptors (Lipinski definition) is 8. The molecule has 1 aliphatic rings. The molecule has 4 rings (SSSR count). The van der Waals surface area contributed by atoms with Crippen LogP contribution < -0.4 is 10.2 Å². The molecule has 1 N–H and O–H groups in total. The Morgan fingerprint density at radius 1 is 1.22 bits per heavy atom. The minimum absolute atomic E-state index is 0.121. The third-order valence-electron chi connectivity index (χ3n) is 7.17. The fourth-order valence-electron chi connectivity index (χ4n) is 4.17. The van der Waals surface area contributed by atoms with Crippen molar-refractivity contribution < 1.29 is 27.9 Å². The standard InChI is InChI=1S/C25H33N4O6PSi/c1-7-18-20(34-36(31)32)21(35-37(5,6)25(2,3)4)19(33-18)17-15-27-23-22(26-13-14-29(17)23)28-24(30)16-11-9-8-10-12-16/h8-15,18-21H,7H2,1-6H3,(H,26,28,30)/t18-,19+,20+,21?/m1/s1. The van der Waals surface area contributed by atoms with Gasteiger partial charge in [-0.25, -0.2) is 9.97 Å². The van der Waals surface area contributed by atoms with Crippen LogP contribution in [0.25, 0.3) is 5.65 Å². The SMILES string of the molecule is CC[C@H]1O[C@@H](c2cnc3c(NC(=O)c4ccccc4)nccn23)C(O[Si](C)(C)C(C)(C)C)[C@H]1O[P+](=O)[O-]. The zero-order chi connectivity index (χ0) is 27.0. The first-order valence-corrected chi connectivity index (χ1v) is 16.3. The topological polar surface area (TPSA) is 127 Å². The smallest absolute Gasteiger partial charge is 0.488 e. The maximum Gasteiger partial charge on any atom is 0.488 e. The number of nitrogens with one attached hydrogen (secondary N) is 1. The molecule has 0 aliphatic carbocycles. The number of aromatic nitrogens is 3. The molecule has 1 aromatic carbocycles. The number of imidazole rings is 1. The van der Waals surface area contributed by atoms with E-state index in [2.05, 4.69) is 49.1 Å². The third-order valence-corrected chi connectivity index (χ3v) is 12.1. The van der Waals surface area contributed by atoms with E-state index in [9.17, 15) is 14.3 Å². The van der Waals surface area contributed by atoms with Crippen LogP contribution in [0.3, 0.4) is 0 Å². The molecule has 1 aliphatic heterocycles. The zero-order valence-electron chi connectivity index (χ0n) is 21.9. The van der Waals surface area contributed by atoms with Crippen LogP contribution in [0.1, 0.15) is 56.3 Å². The van der Waals surface area contributed by atoms with Gasteiger partial charge in [-0.1, -0.05) is 45.9 Å². The highest BCUT2D eigenvalue weighted by atomic mass is 31.1.